The summed E-state index contributed by atoms with van der Waals surface area (Å²) < 4.78 is 0. The zero-order valence-corrected chi connectivity index (χ0v) is 17.5. The molecule has 0 saturated heterocycles. The largest absolute Gasteiger partial charge is 0.395 e. The highest BCUT2D eigenvalue weighted by atomic mass is 16.3. The van der Waals surface area contributed by atoms with Gasteiger partial charge in [-0.3, -0.25) is 9.97 Å². The molecule has 3 heterocycles. The summed E-state index contributed by atoms with van der Waals surface area (Å²) in [5.41, 5.74) is 7.28. The third-order valence-electron chi connectivity index (χ3n) is 6.84. The number of aliphatic hydroxyl groups excluding tert-OH is 1. The van der Waals surface area contributed by atoms with Crippen molar-refractivity contribution < 1.29 is 5.11 Å². The monoisotopic (exact) mass is 404 g/mol. The molecule has 0 aromatic carbocycles. The average Bonchev–Trinajstić information content (AvgIpc) is 3.41. The number of hydrogen-bond donors (Lipinski definition) is 2. The maximum atomic E-state index is 10.5. The summed E-state index contributed by atoms with van der Waals surface area (Å²) in [6.45, 7) is 2.11. The predicted molar refractivity (Wildman–Crippen MR) is 114 cm³/mol. The van der Waals surface area contributed by atoms with Gasteiger partial charge in [-0.25, -0.2) is 0 Å². The van der Waals surface area contributed by atoms with E-state index in [4.69, 9.17) is 4.98 Å². The van der Waals surface area contributed by atoms with E-state index in [1.165, 1.54) is 17.7 Å². The van der Waals surface area contributed by atoms with E-state index in [-0.39, 0.29) is 12.0 Å². The number of nitrogens with zero attached hydrogens (tertiary/aromatic N) is 5. The molecule has 3 aromatic rings. The molecule has 0 amide bonds. The number of pyridine rings is 2. The molecule has 0 radical (unpaired) electrons. The molecule has 3 aromatic heterocycles. The Balaban J connectivity index is 1.88. The first kappa shape index (κ1) is 19.3. The highest BCUT2D eigenvalue weighted by Gasteiger charge is 2.41. The van der Waals surface area contributed by atoms with Gasteiger partial charge in [0.25, 0.3) is 0 Å². The Bertz CT molecular complexity index is 1040. The van der Waals surface area contributed by atoms with Crippen molar-refractivity contribution in [2.24, 2.45) is 0 Å². The lowest BCUT2D eigenvalue weighted by Gasteiger charge is -2.31. The van der Waals surface area contributed by atoms with Gasteiger partial charge < -0.3 is 5.11 Å². The quantitative estimate of drug-likeness (QED) is 0.643. The van der Waals surface area contributed by atoms with Gasteiger partial charge in [0, 0.05) is 23.0 Å². The molecule has 0 aliphatic heterocycles. The van der Waals surface area contributed by atoms with E-state index in [2.05, 4.69) is 37.7 Å². The van der Waals surface area contributed by atoms with Crippen molar-refractivity contribution in [1.82, 2.24) is 30.6 Å². The summed E-state index contributed by atoms with van der Waals surface area (Å²) in [4.78, 5) is 9.68. The number of rotatable bonds is 4. The highest BCUT2D eigenvalue weighted by Crippen LogP contribution is 2.48. The van der Waals surface area contributed by atoms with Gasteiger partial charge in [0.15, 0.2) is 0 Å². The average molecular weight is 405 g/mol. The van der Waals surface area contributed by atoms with Crippen molar-refractivity contribution in [3.8, 4) is 22.5 Å². The van der Waals surface area contributed by atoms with E-state index in [1.54, 1.807) is 0 Å². The predicted octanol–water partition coefficient (Wildman–Crippen LogP) is 3.71. The summed E-state index contributed by atoms with van der Waals surface area (Å²) in [6.07, 6.45) is 11.5. The molecular weight excluding hydrogens is 376 g/mol. The van der Waals surface area contributed by atoms with Crippen LogP contribution in [0.15, 0.2) is 18.3 Å². The van der Waals surface area contributed by atoms with Crippen molar-refractivity contribution in [1.29, 1.82) is 0 Å². The minimum atomic E-state index is -0.339. The van der Waals surface area contributed by atoms with Crippen LogP contribution in [0.2, 0.25) is 0 Å². The molecule has 0 unspecified atom stereocenters. The lowest BCUT2D eigenvalue weighted by molar-refractivity contribution is 0.192. The van der Waals surface area contributed by atoms with Crippen LogP contribution in [0.1, 0.15) is 67.6 Å². The van der Waals surface area contributed by atoms with E-state index < -0.39 is 0 Å². The summed E-state index contributed by atoms with van der Waals surface area (Å²) in [7, 11) is 0. The van der Waals surface area contributed by atoms with Crippen LogP contribution in [0, 0.1) is 6.92 Å². The number of hydrogen-bond acceptors (Lipinski definition) is 6. The van der Waals surface area contributed by atoms with Gasteiger partial charge in [0.05, 0.1) is 17.9 Å². The number of aryl methyl sites for hydroxylation is 2. The smallest absolute Gasteiger partial charge is 0.207 e. The Labute approximate surface area is 176 Å². The van der Waals surface area contributed by atoms with Crippen molar-refractivity contribution in [2.75, 3.05) is 6.61 Å². The van der Waals surface area contributed by atoms with Crippen LogP contribution < -0.4 is 0 Å². The van der Waals surface area contributed by atoms with Gasteiger partial charge in [-0.15, -0.1) is 10.2 Å². The fraction of sp³-hybridized carbons (Fsp3) is 0.522. The fourth-order valence-corrected chi connectivity index (χ4v) is 5.33. The van der Waals surface area contributed by atoms with Crippen LogP contribution in [0.25, 0.3) is 22.5 Å². The number of H-pyrrole nitrogens is 1. The third kappa shape index (κ3) is 3.21. The number of fused-ring (bicyclic) bond motifs is 1. The SMILES string of the molecule is Cc1cc(-c2c3c(nc(C4(CO)CCCC4)c2-c2nn[nH]n2)CCCCC3)ccn1. The maximum Gasteiger partial charge on any atom is 0.207 e. The fourth-order valence-electron chi connectivity index (χ4n) is 5.33. The van der Waals surface area contributed by atoms with Gasteiger partial charge in [-0.05, 0) is 79.5 Å². The number of nitrogens with one attached hydrogen (secondary N) is 1. The van der Waals surface area contributed by atoms with Gasteiger partial charge in [0.2, 0.25) is 5.82 Å². The minimum Gasteiger partial charge on any atom is -0.395 e. The van der Waals surface area contributed by atoms with Crippen LogP contribution in [0.5, 0.6) is 0 Å². The van der Waals surface area contributed by atoms with Crippen molar-refractivity contribution >= 4 is 0 Å². The van der Waals surface area contributed by atoms with Crippen LogP contribution in [-0.4, -0.2) is 42.3 Å². The standard InChI is InChI=1S/C23H28N6O/c1-15-13-16(9-12-24-15)19-17-7-3-2-4-8-18(17)25-21(20(19)22-26-28-29-27-22)23(14-30)10-5-6-11-23/h9,12-13,30H,2-8,10-11,14H2,1H3,(H,26,27,28,29). The molecule has 156 valence electrons. The van der Waals surface area contributed by atoms with Crippen molar-refractivity contribution in [3.63, 3.8) is 0 Å². The molecule has 2 aliphatic carbocycles. The van der Waals surface area contributed by atoms with Crippen molar-refractivity contribution in [3.05, 3.63) is 41.0 Å². The Morgan fingerprint density at radius 2 is 1.90 bits per heavy atom. The molecular formula is C23H28N6O. The Morgan fingerprint density at radius 1 is 1.07 bits per heavy atom. The van der Waals surface area contributed by atoms with E-state index in [0.717, 1.165) is 79.4 Å². The number of aromatic nitrogens is 6. The molecule has 5 rings (SSSR count). The first-order valence-electron chi connectivity index (χ1n) is 11.1. The molecule has 2 aliphatic rings. The molecule has 0 atom stereocenters. The molecule has 1 saturated carbocycles. The minimum absolute atomic E-state index is 0.0957. The van der Waals surface area contributed by atoms with Gasteiger partial charge >= 0.3 is 0 Å². The van der Waals surface area contributed by atoms with Crippen LogP contribution in [0.4, 0.5) is 0 Å². The molecule has 2 N–H and O–H groups in total. The first-order valence-corrected chi connectivity index (χ1v) is 11.1. The van der Waals surface area contributed by atoms with Crippen molar-refractivity contribution in [2.45, 2.75) is 70.1 Å². The lowest BCUT2D eigenvalue weighted by Crippen LogP contribution is -2.30. The van der Waals surface area contributed by atoms with Gasteiger partial charge in [-0.2, -0.15) is 5.21 Å². The normalized spacial score (nSPS) is 18.2. The van der Waals surface area contributed by atoms with E-state index >= 15 is 0 Å². The van der Waals surface area contributed by atoms with Gasteiger partial charge in [-0.1, -0.05) is 19.3 Å². The molecule has 7 heteroatoms. The molecule has 30 heavy (non-hydrogen) atoms. The third-order valence-corrected chi connectivity index (χ3v) is 6.84. The second-order valence-electron chi connectivity index (χ2n) is 8.76. The second kappa shape index (κ2) is 7.87. The lowest BCUT2D eigenvalue weighted by atomic mass is 9.77. The Morgan fingerprint density at radius 3 is 2.63 bits per heavy atom. The number of tetrazole rings is 1. The van der Waals surface area contributed by atoms with Gasteiger partial charge in [0.1, 0.15) is 0 Å². The molecule has 0 spiro atoms. The number of aromatic amines is 1. The molecule has 0 bridgehead atoms. The van der Waals surface area contributed by atoms with E-state index in [9.17, 15) is 5.11 Å². The maximum absolute atomic E-state index is 10.5. The first-order chi connectivity index (χ1) is 14.7. The molecule has 1 fully saturated rings. The summed E-state index contributed by atoms with van der Waals surface area (Å²) in [5, 5.41) is 25.8. The summed E-state index contributed by atoms with van der Waals surface area (Å²) >= 11 is 0. The second-order valence-corrected chi connectivity index (χ2v) is 8.76. The Kier molecular flexibility index (Phi) is 5.06. The summed E-state index contributed by atoms with van der Waals surface area (Å²) in [5.74, 6) is 0.564. The zero-order chi connectivity index (χ0) is 20.6. The molecule has 7 nitrogen and oxygen atoms in total. The summed E-state index contributed by atoms with van der Waals surface area (Å²) in [6, 6.07) is 4.20. The van der Waals surface area contributed by atoms with Crippen LogP contribution >= 0.6 is 0 Å². The van der Waals surface area contributed by atoms with Crippen LogP contribution in [0.3, 0.4) is 0 Å². The zero-order valence-electron chi connectivity index (χ0n) is 17.5. The van der Waals surface area contributed by atoms with Crippen LogP contribution in [-0.2, 0) is 18.3 Å². The number of aliphatic hydroxyl groups is 1. The Hall–Kier alpha value is -2.67. The van der Waals surface area contributed by atoms with E-state index in [1.807, 2.05) is 13.1 Å². The van der Waals surface area contributed by atoms with E-state index in [0.29, 0.717) is 5.82 Å². The topological polar surface area (TPSA) is 100 Å². The highest BCUT2D eigenvalue weighted by molar-refractivity contribution is 5.86.